The monoisotopic (exact) mass is 277 g/mol. The van der Waals surface area contributed by atoms with E-state index in [9.17, 15) is 14.5 Å². The number of para-hydroxylation sites is 1. The van der Waals surface area contributed by atoms with Gasteiger partial charge in [-0.25, -0.2) is 9.37 Å². The molecule has 0 unspecified atom stereocenters. The number of benzene rings is 1. The maximum Gasteiger partial charge on any atom is 0.295 e. The molecule has 0 bridgehead atoms. The van der Waals surface area contributed by atoms with E-state index in [2.05, 4.69) is 10.3 Å². The summed E-state index contributed by atoms with van der Waals surface area (Å²) in [6.07, 6.45) is 0. The number of nitrogens with zero attached hydrogens (tertiary/aromatic N) is 2. The number of methoxy groups -OCH3 is 1. The van der Waals surface area contributed by atoms with E-state index in [1.165, 1.54) is 19.2 Å². The summed E-state index contributed by atoms with van der Waals surface area (Å²) >= 11 is 0. The number of ether oxygens (including phenoxy) is 1. The van der Waals surface area contributed by atoms with Gasteiger partial charge in [0.1, 0.15) is 5.69 Å². The van der Waals surface area contributed by atoms with Crippen LogP contribution in [-0.2, 0) is 6.54 Å². The molecule has 0 amide bonds. The smallest absolute Gasteiger partial charge is 0.295 e. The number of aromatic nitrogens is 1. The number of rotatable bonds is 5. The molecule has 2 rings (SSSR count). The average Bonchev–Trinajstić information content (AvgIpc) is 2.45. The average molecular weight is 277 g/mol. The third kappa shape index (κ3) is 3.00. The molecule has 104 valence electrons. The summed E-state index contributed by atoms with van der Waals surface area (Å²) in [6, 6.07) is 8.82. The van der Waals surface area contributed by atoms with Gasteiger partial charge in [-0.1, -0.05) is 12.1 Å². The molecular formula is C13H12FN3O3. The van der Waals surface area contributed by atoms with Gasteiger partial charge in [0, 0.05) is 12.1 Å². The molecule has 20 heavy (non-hydrogen) atoms. The second-order valence-corrected chi connectivity index (χ2v) is 3.92. The predicted octanol–water partition coefficient (Wildman–Crippen LogP) is 2.75. The quantitative estimate of drug-likeness (QED) is 0.671. The van der Waals surface area contributed by atoms with E-state index in [1.54, 1.807) is 18.2 Å². The zero-order valence-electron chi connectivity index (χ0n) is 10.7. The van der Waals surface area contributed by atoms with Crippen LogP contribution in [0, 0.1) is 15.9 Å². The van der Waals surface area contributed by atoms with Crippen molar-refractivity contribution in [3.8, 4) is 5.88 Å². The van der Waals surface area contributed by atoms with Gasteiger partial charge in [0.2, 0.25) is 5.88 Å². The van der Waals surface area contributed by atoms with E-state index in [4.69, 9.17) is 4.74 Å². The number of hydrogen-bond acceptors (Lipinski definition) is 5. The number of halogens is 1. The Kier molecular flexibility index (Phi) is 4.09. The van der Waals surface area contributed by atoms with Crippen LogP contribution in [0.2, 0.25) is 0 Å². The van der Waals surface area contributed by atoms with Crippen molar-refractivity contribution in [2.24, 2.45) is 0 Å². The number of nitrogens with one attached hydrogen (secondary N) is 1. The minimum atomic E-state index is -0.679. The molecule has 0 saturated heterocycles. The summed E-state index contributed by atoms with van der Waals surface area (Å²) in [6.45, 7) is 0.152. The van der Waals surface area contributed by atoms with E-state index >= 15 is 0 Å². The fourth-order valence-corrected chi connectivity index (χ4v) is 1.69. The number of pyridine rings is 1. The van der Waals surface area contributed by atoms with Crippen LogP contribution in [-0.4, -0.2) is 17.0 Å². The lowest BCUT2D eigenvalue weighted by atomic mass is 10.2. The van der Waals surface area contributed by atoms with Gasteiger partial charge in [-0.15, -0.1) is 0 Å². The molecule has 6 nitrogen and oxygen atoms in total. The fourth-order valence-electron chi connectivity index (χ4n) is 1.69. The van der Waals surface area contributed by atoms with Crippen molar-refractivity contribution >= 4 is 11.4 Å². The second-order valence-electron chi connectivity index (χ2n) is 3.92. The Morgan fingerprint density at radius 3 is 2.80 bits per heavy atom. The molecular weight excluding hydrogens is 265 g/mol. The standard InChI is InChI=1S/C13H12FN3O3/c1-20-12-7-2-4-9(16-12)8-15-13-10(14)5-3-6-11(13)17(18)19/h2-7,15H,8H2,1H3. The topological polar surface area (TPSA) is 77.3 Å². The molecule has 0 atom stereocenters. The maximum absolute atomic E-state index is 13.6. The first-order valence-corrected chi connectivity index (χ1v) is 5.78. The van der Waals surface area contributed by atoms with Crippen LogP contribution in [0.4, 0.5) is 15.8 Å². The van der Waals surface area contributed by atoms with Crippen LogP contribution in [0.15, 0.2) is 36.4 Å². The Hall–Kier alpha value is -2.70. The van der Waals surface area contributed by atoms with Gasteiger partial charge in [0.05, 0.1) is 24.3 Å². The van der Waals surface area contributed by atoms with Crippen LogP contribution in [0.3, 0.4) is 0 Å². The van der Waals surface area contributed by atoms with Gasteiger partial charge in [0.25, 0.3) is 5.69 Å². The van der Waals surface area contributed by atoms with Gasteiger partial charge in [-0.2, -0.15) is 0 Å². The zero-order chi connectivity index (χ0) is 14.5. The van der Waals surface area contributed by atoms with Gasteiger partial charge in [0.15, 0.2) is 5.82 Å². The number of hydrogen-bond donors (Lipinski definition) is 1. The number of nitro groups is 1. The zero-order valence-corrected chi connectivity index (χ0v) is 10.7. The molecule has 0 spiro atoms. The summed E-state index contributed by atoms with van der Waals surface area (Å²) in [5, 5.41) is 13.5. The Labute approximate surface area is 114 Å². The van der Waals surface area contributed by atoms with Crippen LogP contribution in [0.1, 0.15) is 5.69 Å². The lowest BCUT2D eigenvalue weighted by Crippen LogP contribution is -2.06. The van der Waals surface area contributed by atoms with Crippen molar-refractivity contribution in [1.29, 1.82) is 0 Å². The summed E-state index contributed by atoms with van der Waals surface area (Å²) in [5.74, 6) is -0.255. The maximum atomic E-state index is 13.6. The van der Waals surface area contributed by atoms with E-state index in [-0.39, 0.29) is 17.9 Å². The van der Waals surface area contributed by atoms with Gasteiger partial charge >= 0.3 is 0 Å². The fraction of sp³-hybridized carbons (Fsp3) is 0.154. The van der Waals surface area contributed by atoms with Crippen molar-refractivity contribution in [3.63, 3.8) is 0 Å². The molecule has 0 aliphatic rings. The summed E-state index contributed by atoms with van der Waals surface area (Å²) in [5.41, 5.74) is 0.122. The van der Waals surface area contributed by atoms with Gasteiger partial charge < -0.3 is 10.1 Å². The predicted molar refractivity (Wildman–Crippen MR) is 71.2 cm³/mol. The SMILES string of the molecule is COc1cccc(CNc2c(F)cccc2[N+](=O)[O-])n1. The molecule has 0 saturated carbocycles. The first-order valence-electron chi connectivity index (χ1n) is 5.78. The van der Waals surface area contributed by atoms with Gasteiger partial charge in [-0.3, -0.25) is 10.1 Å². The molecule has 0 fully saturated rings. The van der Waals surface area contributed by atoms with Crippen molar-refractivity contribution in [3.05, 3.63) is 58.0 Å². The number of nitro benzene ring substituents is 1. The molecule has 1 aromatic heterocycles. The Morgan fingerprint density at radius 2 is 2.10 bits per heavy atom. The molecule has 0 aliphatic heterocycles. The first kappa shape index (κ1) is 13.7. The van der Waals surface area contributed by atoms with Gasteiger partial charge in [-0.05, 0) is 12.1 Å². The molecule has 7 heteroatoms. The van der Waals surface area contributed by atoms with Crippen molar-refractivity contribution < 1.29 is 14.1 Å². The Bertz CT molecular complexity index is 634. The van der Waals surface area contributed by atoms with Crippen LogP contribution >= 0.6 is 0 Å². The largest absolute Gasteiger partial charge is 0.481 e. The highest BCUT2D eigenvalue weighted by Crippen LogP contribution is 2.27. The minimum absolute atomic E-state index is 0.151. The van der Waals surface area contributed by atoms with E-state index < -0.39 is 10.7 Å². The highest BCUT2D eigenvalue weighted by atomic mass is 19.1. The minimum Gasteiger partial charge on any atom is -0.481 e. The molecule has 1 heterocycles. The van der Waals surface area contributed by atoms with E-state index in [0.717, 1.165) is 6.07 Å². The van der Waals surface area contributed by atoms with Crippen molar-refractivity contribution in [2.45, 2.75) is 6.54 Å². The van der Waals surface area contributed by atoms with Crippen molar-refractivity contribution in [2.75, 3.05) is 12.4 Å². The number of anilines is 1. The third-order valence-corrected chi connectivity index (χ3v) is 2.62. The molecule has 1 aromatic carbocycles. The third-order valence-electron chi connectivity index (χ3n) is 2.62. The van der Waals surface area contributed by atoms with E-state index in [1.807, 2.05) is 0 Å². The van der Waals surface area contributed by atoms with Crippen molar-refractivity contribution in [1.82, 2.24) is 4.98 Å². The van der Waals surface area contributed by atoms with Crippen LogP contribution in [0.5, 0.6) is 5.88 Å². The second kappa shape index (κ2) is 5.96. The highest BCUT2D eigenvalue weighted by molar-refractivity contribution is 5.62. The summed E-state index contributed by atoms with van der Waals surface area (Å²) < 4.78 is 18.6. The first-order chi connectivity index (χ1) is 9.61. The normalized spacial score (nSPS) is 10.1. The lowest BCUT2D eigenvalue weighted by molar-refractivity contribution is -0.384. The molecule has 2 aromatic rings. The van der Waals surface area contributed by atoms with E-state index in [0.29, 0.717) is 11.6 Å². The highest BCUT2D eigenvalue weighted by Gasteiger charge is 2.17. The Balaban J connectivity index is 2.20. The van der Waals surface area contributed by atoms with Crippen LogP contribution < -0.4 is 10.1 Å². The summed E-state index contributed by atoms with van der Waals surface area (Å²) in [7, 11) is 1.49. The summed E-state index contributed by atoms with van der Waals surface area (Å²) in [4.78, 5) is 14.3. The molecule has 0 aliphatic carbocycles. The molecule has 0 radical (unpaired) electrons. The molecule has 1 N–H and O–H groups in total. The van der Waals surface area contributed by atoms with Crippen LogP contribution in [0.25, 0.3) is 0 Å². The Morgan fingerprint density at radius 1 is 1.35 bits per heavy atom. The lowest BCUT2D eigenvalue weighted by Gasteiger charge is -2.08.